The maximum absolute atomic E-state index is 13.8. The van der Waals surface area contributed by atoms with E-state index in [0.29, 0.717) is 16.7 Å². The Bertz CT molecular complexity index is 1430. The summed E-state index contributed by atoms with van der Waals surface area (Å²) in [6.07, 6.45) is 3.43. The quantitative estimate of drug-likeness (QED) is 0.290. The fourth-order valence-corrected chi connectivity index (χ4v) is 6.23. The smallest absolute Gasteiger partial charge is 0.195 e. The average Bonchev–Trinajstić information content (AvgIpc) is 3.27. The van der Waals surface area contributed by atoms with Gasteiger partial charge >= 0.3 is 0 Å². The van der Waals surface area contributed by atoms with Crippen molar-refractivity contribution >= 4 is 33.0 Å². The standard InChI is InChI=1S/C30H29NO4S/c1-30(2,31-16-4-3-5-17-31)29(35)21-8-6-19(7-9-21)27(34)26-24-15-14-23(33)18-25(24)36-28(26)20-10-12-22(32)13-11-20/h6-15,18,32-33H,3-5,16-17H2,1-2H3. The average molecular weight is 500 g/mol. The Hall–Kier alpha value is -3.48. The van der Waals surface area contributed by atoms with Gasteiger partial charge in [-0.15, -0.1) is 11.3 Å². The predicted octanol–water partition coefficient (Wildman–Crippen LogP) is 6.66. The van der Waals surface area contributed by atoms with E-state index >= 15 is 0 Å². The Morgan fingerprint density at radius 3 is 2.08 bits per heavy atom. The van der Waals surface area contributed by atoms with Gasteiger partial charge < -0.3 is 10.2 Å². The molecule has 1 saturated heterocycles. The van der Waals surface area contributed by atoms with E-state index in [9.17, 15) is 19.8 Å². The first kappa shape index (κ1) is 24.2. The number of aromatic hydroxyl groups is 2. The highest BCUT2D eigenvalue weighted by Crippen LogP contribution is 2.41. The van der Waals surface area contributed by atoms with Crippen LogP contribution < -0.4 is 0 Å². The Balaban J connectivity index is 1.50. The predicted molar refractivity (Wildman–Crippen MR) is 144 cm³/mol. The summed E-state index contributed by atoms with van der Waals surface area (Å²) >= 11 is 1.43. The summed E-state index contributed by atoms with van der Waals surface area (Å²) in [7, 11) is 0. The van der Waals surface area contributed by atoms with Crippen molar-refractivity contribution in [3.8, 4) is 21.9 Å². The van der Waals surface area contributed by atoms with E-state index in [1.807, 2.05) is 13.8 Å². The summed E-state index contributed by atoms with van der Waals surface area (Å²) in [5, 5.41) is 20.5. The van der Waals surface area contributed by atoms with Crippen LogP contribution in [-0.2, 0) is 0 Å². The number of likely N-dealkylation sites (tertiary alicyclic amines) is 1. The summed E-state index contributed by atoms with van der Waals surface area (Å²) in [6, 6.07) is 18.7. The van der Waals surface area contributed by atoms with E-state index in [-0.39, 0.29) is 23.1 Å². The zero-order valence-corrected chi connectivity index (χ0v) is 21.3. The summed E-state index contributed by atoms with van der Waals surface area (Å²) in [5.41, 5.74) is 1.86. The lowest BCUT2D eigenvalue weighted by atomic mass is 9.88. The number of thiophene rings is 1. The van der Waals surface area contributed by atoms with E-state index < -0.39 is 5.54 Å². The third-order valence-electron chi connectivity index (χ3n) is 7.14. The second-order valence-corrected chi connectivity index (χ2v) is 10.9. The van der Waals surface area contributed by atoms with E-state index in [2.05, 4.69) is 4.90 Å². The van der Waals surface area contributed by atoms with Crippen molar-refractivity contribution in [1.29, 1.82) is 0 Å². The zero-order valence-electron chi connectivity index (χ0n) is 20.5. The van der Waals surface area contributed by atoms with Crippen molar-refractivity contribution in [3.63, 3.8) is 0 Å². The number of nitrogens with zero attached hydrogens (tertiary/aromatic N) is 1. The van der Waals surface area contributed by atoms with E-state index in [4.69, 9.17) is 0 Å². The molecule has 5 nitrogen and oxygen atoms in total. The van der Waals surface area contributed by atoms with Crippen molar-refractivity contribution in [2.45, 2.75) is 38.6 Å². The topological polar surface area (TPSA) is 77.8 Å². The lowest BCUT2D eigenvalue weighted by molar-refractivity contribution is 0.0579. The van der Waals surface area contributed by atoms with Gasteiger partial charge in [0.2, 0.25) is 0 Å². The normalized spacial score (nSPS) is 14.7. The molecule has 0 radical (unpaired) electrons. The van der Waals surface area contributed by atoms with Crippen molar-refractivity contribution < 1.29 is 19.8 Å². The molecule has 4 aromatic rings. The van der Waals surface area contributed by atoms with Gasteiger partial charge in [0.15, 0.2) is 11.6 Å². The largest absolute Gasteiger partial charge is 0.508 e. The van der Waals surface area contributed by atoms with Crippen LogP contribution in [0.5, 0.6) is 11.5 Å². The summed E-state index contributed by atoms with van der Waals surface area (Å²) in [5.74, 6) is 0.200. The van der Waals surface area contributed by atoms with Crippen LogP contribution in [0.25, 0.3) is 20.5 Å². The van der Waals surface area contributed by atoms with Gasteiger partial charge in [-0.3, -0.25) is 14.5 Å². The highest BCUT2D eigenvalue weighted by atomic mass is 32.1. The van der Waals surface area contributed by atoms with Crippen LogP contribution in [0, 0.1) is 0 Å². The lowest BCUT2D eigenvalue weighted by Gasteiger charge is -2.39. The van der Waals surface area contributed by atoms with E-state index in [0.717, 1.165) is 46.5 Å². The molecule has 2 heterocycles. The third-order valence-corrected chi connectivity index (χ3v) is 8.34. The first-order chi connectivity index (χ1) is 17.3. The SMILES string of the molecule is CC(C)(C(=O)c1ccc(C(=O)c2c(-c3ccc(O)cc3)sc3cc(O)ccc23)cc1)N1CCCCC1. The Kier molecular flexibility index (Phi) is 6.41. The minimum atomic E-state index is -0.594. The second-order valence-electron chi connectivity index (χ2n) is 9.88. The molecule has 5 rings (SSSR count). The number of carbonyl (C=O) groups is 2. The molecule has 0 amide bonds. The van der Waals surface area contributed by atoms with Gasteiger partial charge in [-0.2, -0.15) is 0 Å². The molecule has 184 valence electrons. The molecule has 1 aliphatic rings. The number of fused-ring (bicyclic) bond motifs is 1. The van der Waals surface area contributed by atoms with E-state index in [1.54, 1.807) is 66.7 Å². The van der Waals surface area contributed by atoms with Crippen LogP contribution in [-0.4, -0.2) is 45.3 Å². The summed E-state index contributed by atoms with van der Waals surface area (Å²) in [6.45, 7) is 5.82. The van der Waals surface area contributed by atoms with Gasteiger partial charge in [0, 0.05) is 31.7 Å². The highest BCUT2D eigenvalue weighted by molar-refractivity contribution is 7.22. The van der Waals surface area contributed by atoms with Crippen molar-refractivity contribution in [1.82, 2.24) is 4.90 Å². The van der Waals surface area contributed by atoms with Gasteiger partial charge in [0.25, 0.3) is 0 Å². The number of phenolic OH excluding ortho intramolecular Hbond substituents is 2. The molecular formula is C30H29NO4S. The number of hydrogen-bond acceptors (Lipinski definition) is 6. The van der Waals surface area contributed by atoms with Crippen LogP contribution in [0.2, 0.25) is 0 Å². The number of hydrogen-bond donors (Lipinski definition) is 2. The molecule has 36 heavy (non-hydrogen) atoms. The lowest BCUT2D eigenvalue weighted by Crippen LogP contribution is -2.52. The summed E-state index contributed by atoms with van der Waals surface area (Å²) < 4.78 is 0.802. The summed E-state index contributed by atoms with van der Waals surface area (Å²) in [4.78, 5) is 30.2. The highest BCUT2D eigenvalue weighted by Gasteiger charge is 2.35. The van der Waals surface area contributed by atoms with Gasteiger partial charge in [-0.1, -0.05) is 30.7 Å². The number of phenols is 2. The number of rotatable bonds is 6. The van der Waals surface area contributed by atoms with Gasteiger partial charge in [0.05, 0.1) is 5.54 Å². The van der Waals surface area contributed by atoms with Gasteiger partial charge in [-0.25, -0.2) is 0 Å². The van der Waals surface area contributed by atoms with Crippen molar-refractivity contribution in [2.24, 2.45) is 0 Å². The van der Waals surface area contributed by atoms with Crippen LogP contribution in [0.15, 0.2) is 66.7 Å². The van der Waals surface area contributed by atoms with Crippen molar-refractivity contribution in [3.05, 3.63) is 83.4 Å². The Morgan fingerprint density at radius 1 is 0.806 bits per heavy atom. The fourth-order valence-electron chi connectivity index (χ4n) is 4.99. The van der Waals surface area contributed by atoms with Crippen LogP contribution in [0.3, 0.4) is 0 Å². The molecule has 1 aliphatic heterocycles. The molecule has 0 spiro atoms. The maximum atomic E-state index is 13.8. The first-order valence-corrected chi connectivity index (χ1v) is 13.1. The molecule has 2 N–H and O–H groups in total. The molecule has 1 fully saturated rings. The molecule has 6 heteroatoms. The second kappa shape index (κ2) is 9.52. The molecule has 0 saturated carbocycles. The Morgan fingerprint density at radius 2 is 1.42 bits per heavy atom. The number of Topliss-reactive ketones (excluding diaryl/α,β-unsaturated/α-hetero) is 1. The first-order valence-electron chi connectivity index (χ1n) is 12.3. The van der Waals surface area contributed by atoms with E-state index in [1.165, 1.54) is 17.8 Å². The van der Waals surface area contributed by atoms with Gasteiger partial charge in [-0.05, 0) is 87.8 Å². The van der Waals surface area contributed by atoms with Crippen LogP contribution in [0.4, 0.5) is 0 Å². The minimum Gasteiger partial charge on any atom is -0.508 e. The molecule has 0 bridgehead atoms. The maximum Gasteiger partial charge on any atom is 0.195 e. The molecule has 3 aromatic carbocycles. The molecule has 1 aromatic heterocycles. The van der Waals surface area contributed by atoms with Crippen LogP contribution >= 0.6 is 11.3 Å². The molecule has 0 aliphatic carbocycles. The molecular weight excluding hydrogens is 470 g/mol. The van der Waals surface area contributed by atoms with Crippen LogP contribution in [0.1, 0.15) is 59.4 Å². The minimum absolute atomic E-state index is 0.0599. The third kappa shape index (κ3) is 4.43. The zero-order chi connectivity index (χ0) is 25.4. The monoisotopic (exact) mass is 499 g/mol. The van der Waals surface area contributed by atoms with Crippen molar-refractivity contribution in [2.75, 3.05) is 13.1 Å². The molecule has 0 atom stereocenters. The number of benzene rings is 3. The molecule has 0 unspecified atom stereocenters. The number of piperidine rings is 1. The fraction of sp³-hybridized carbons (Fsp3) is 0.267. The number of carbonyl (C=O) groups excluding carboxylic acids is 2. The number of ketones is 2. The Labute approximate surface area is 214 Å². The van der Waals surface area contributed by atoms with Gasteiger partial charge in [0.1, 0.15) is 11.5 Å².